The molecule has 132 valence electrons. The van der Waals surface area contributed by atoms with E-state index in [0.717, 1.165) is 38.5 Å². The monoisotopic (exact) mass is 330 g/mol. The quantitative estimate of drug-likeness (QED) is 0.797. The van der Waals surface area contributed by atoms with Gasteiger partial charge >= 0.3 is 0 Å². The van der Waals surface area contributed by atoms with Crippen LogP contribution >= 0.6 is 0 Å². The second-order valence-electron chi connectivity index (χ2n) is 9.41. The summed E-state index contributed by atoms with van der Waals surface area (Å²) in [6.45, 7) is 6.27. The predicted molar refractivity (Wildman–Crippen MR) is 92.3 cm³/mol. The number of aliphatic hydroxyl groups is 1. The highest BCUT2D eigenvalue weighted by molar-refractivity contribution is 5.91. The van der Waals surface area contributed by atoms with Gasteiger partial charge in [-0.25, -0.2) is 0 Å². The van der Waals surface area contributed by atoms with Gasteiger partial charge in [0.15, 0.2) is 5.78 Å². The van der Waals surface area contributed by atoms with E-state index in [4.69, 9.17) is 0 Å². The van der Waals surface area contributed by atoms with Gasteiger partial charge in [0.1, 0.15) is 5.78 Å². The Kier molecular flexibility index (Phi) is 3.62. The van der Waals surface area contributed by atoms with Crippen LogP contribution in [-0.2, 0) is 9.59 Å². The zero-order chi connectivity index (χ0) is 17.3. The first kappa shape index (κ1) is 16.5. The lowest BCUT2D eigenvalue weighted by atomic mass is 9.46. The van der Waals surface area contributed by atoms with Crippen molar-refractivity contribution in [3.63, 3.8) is 0 Å². The van der Waals surface area contributed by atoms with E-state index in [1.165, 1.54) is 5.57 Å². The summed E-state index contributed by atoms with van der Waals surface area (Å²) in [6, 6.07) is 0. The number of rotatable bonds is 1. The largest absolute Gasteiger partial charge is 0.393 e. The molecule has 4 aliphatic rings. The number of carbonyl (C=O) groups excluding carboxylic acids is 2. The molecule has 0 aliphatic heterocycles. The molecule has 0 saturated heterocycles. The van der Waals surface area contributed by atoms with Crippen LogP contribution in [0.1, 0.15) is 65.7 Å². The highest BCUT2D eigenvalue weighted by Gasteiger charge is 2.62. The maximum Gasteiger partial charge on any atom is 0.155 e. The van der Waals surface area contributed by atoms with E-state index in [1.807, 2.05) is 6.08 Å². The van der Waals surface area contributed by atoms with Gasteiger partial charge in [-0.15, -0.1) is 0 Å². The van der Waals surface area contributed by atoms with Crippen molar-refractivity contribution < 1.29 is 14.7 Å². The average Bonchev–Trinajstić information content (AvgIpc) is 2.84. The van der Waals surface area contributed by atoms with Crippen molar-refractivity contribution in [2.24, 2.45) is 34.5 Å². The molecule has 0 amide bonds. The van der Waals surface area contributed by atoms with Gasteiger partial charge in [-0.3, -0.25) is 9.59 Å². The van der Waals surface area contributed by atoms with Gasteiger partial charge < -0.3 is 5.11 Å². The van der Waals surface area contributed by atoms with Gasteiger partial charge in [-0.2, -0.15) is 0 Å². The lowest BCUT2D eigenvalue weighted by Gasteiger charge is -2.59. The summed E-state index contributed by atoms with van der Waals surface area (Å²) < 4.78 is 0. The summed E-state index contributed by atoms with van der Waals surface area (Å²) in [5, 5.41) is 11.2. The minimum atomic E-state index is -0.349. The van der Waals surface area contributed by atoms with Crippen LogP contribution in [0.3, 0.4) is 0 Å². The van der Waals surface area contributed by atoms with Crippen LogP contribution in [0.4, 0.5) is 0 Å². The smallest absolute Gasteiger partial charge is 0.155 e. The standard InChI is InChI=1S/C21H30O3/c1-12(22)16-6-7-17-15-5-4-13-10-14(23)8-9-20(13,2)19(15)18(24)11-21(16,17)3/h10,15-19,24H,4-9,11H2,1-3H3/t15-,16+,17+,18+,19-,20-,21+/m0/s1. The number of Topliss-reactive ketones (excluding diaryl/α,β-unsaturated/α-hetero) is 1. The van der Waals surface area contributed by atoms with E-state index in [9.17, 15) is 14.7 Å². The number of carbonyl (C=O) groups is 2. The van der Waals surface area contributed by atoms with Gasteiger partial charge in [-0.1, -0.05) is 19.4 Å². The van der Waals surface area contributed by atoms with Crippen LogP contribution in [0.25, 0.3) is 0 Å². The fraction of sp³-hybridized carbons (Fsp3) is 0.810. The molecule has 0 aromatic carbocycles. The molecule has 7 atom stereocenters. The molecule has 1 N–H and O–H groups in total. The Morgan fingerprint density at radius 2 is 1.96 bits per heavy atom. The minimum Gasteiger partial charge on any atom is -0.393 e. The minimum absolute atomic E-state index is 0.0219. The molecular weight excluding hydrogens is 300 g/mol. The van der Waals surface area contributed by atoms with Crippen molar-refractivity contribution in [1.29, 1.82) is 0 Å². The van der Waals surface area contributed by atoms with Crippen molar-refractivity contribution in [2.75, 3.05) is 0 Å². The van der Waals surface area contributed by atoms with E-state index in [0.29, 0.717) is 24.0 Å². The lowest BCUT2D eigenvalue weighted by molar-refractivity contribution is -0.143. The number of ketones is 2. The third-order valence-electron chi connectivity index (χ3n) is 8.38. The number of allylic oxidation sites excluding steroid dienone is 1. The fourth-order valence-corrected chi connectivity index (χ4v) is 7.35. The SMILES string of the molecule is CC(=O)[C@H]1CC[C@@H]2[C@@H]3CCC4=CC(=O)CC[C@]4(C)[C@@H]3[C@H](O)C[C@]12C. The summed E-state index contributed by atoms with van der Waals surface area (Å²) in [4.78, 5) is 24.0. The first-order valence-electron chi connectivity index (χ1n) is 9.70. The van der Waals surface area contributed by atoms with E-state index in [2.05, 4.69) is 13.8 Å². The zero-order valence-corrected chi connectivity index (χ0v) is 15.2. The van der Waals surface area contributed by atoms with Crippen LogP contribution in [0.5, 0.6) is 0 Å². The summed E-state index contributed by atoms with van der Waals surface area (Å²) >= 11 is 0. The molecule has 4 aliphatic carbocycles. The van der Waals surface area contributed by atoms with Gasteiger partial charge in [0.05, 0.1) is 6.10 Å². The van der Waals surface area contributed by atoms with Gasteiger partial charge in [0.25, 0.3) is 0 Å². The average molecular weight is 330 g/mol. The highest BCUT2D eigenvalue weighted by Crippen LogP contribution is 2.66. The van der Waals surface area contributed by atoms with E-state index < -0.39 is 0 Å². The van der Waals surface area contributed by atoms with Gasteiger partial charge in [0, 0.05) is 12.3 Å². The summed E-state index contributed by atoms with van der Waals surface area (Å²) in [5.74, 6) is 1.99. The van der Waals surface area contributed by atoms with E-state index in [1.54, 1.807) is 6.92 Å². The molecule has 3 nitrogen and oxygen atoms in total. The Balaban J connectivity index is 1.72. The Morgan fingerprint density at radius 3 is 2.67 bits per heavy atom. The molecule has 24 heavy (non-hydrogen) atoms. The van der Waals surface area contributed by atoms with Crippen molar-refractivity contribution in [2.45, 2.75) is 71.8 Å². The zero-order valence-electron chi connectivity index (χ0n) is 15.2. The number of hydrogen-bond donors (Lipinski definition) is 1. The summed E-state index contributed by atoms with van der Waals surface area (Å²) in [5.41, 5.74) is 1.23. The molecule has 3 saturated carbocycles. The van der Waals surface area contributed by atoms with Crippen LogP contribution in [0.2, 0.25) is 0 Å². The molecule has 0 spiro atoms. The fourth-order valence-electron chi connectivity index (χ4n) is 7.35. The predicted octanol–water partition coefficient (Wildman–Crippen LogP) is 3.69. The maximum absolute atomic E-state index is 12.2. The molecule has 3 fully saturated rings. The number of fused-ring (bicyclic) bond motifs is 5. The first-order chi connectivity index (χ1) is 11.3. The Morgan fingerprint density at radius 1 is 1.21 bits per heavy atom. The molecule has 0 aromatic heterocycles. The molecule has 0 bridgehead atoms. The van der Waals surface area contributed by atoms with E-state index in [-0.39, 0.29) is 34.6 Å². The second kappa shape index (κ2) is 5.27. The topological polar surface area (TPSA) is 54.4 Å². The van der Waals surface area contributed by atoms with Crippen LogP contribution in [-0.4, -0.2) is 22.8 Å². The third kappa shape index (κ3) is 2.06. The van der Waals surface area contributed by atoms with E-state index >= 15 is 0 Å². The molecule has 0 unspecified atom stereocenters. The Bertz CT molecular complexity index is 621. The van der Waals surface area contributed by atoms with Crippen LogP contribution < -0.4 is 0 Å². The molecule has 0 heterocycles. The lowest BCUT2D eigenvalue weighted by Crippen LogP contribution is -2.56. The van der Waals surface area contributed by atoms with Crippen molar-refractivity contribution in [3.8, 4) is 0 Å². The van der Waals surface area contributed by atoms with Crippen molar-refractivity contribution >= 4 is 11.6 Å². The van der Waals surface area contributed by atoms with Crippen molar-refractivity contribution in [1.82, 2.24) is 0 Å². The van der Waals surface area contributed by atoms with Gasteiger partial charge in [-0.05, 0) is 80.1 Å². The molecular formula is C21H30O3. The Hall–Kier alpha value is -0.960. The van der Waals surface area contributed by atoms with Crippen molar-refractivity contribution in [3.05, 3.63) is 11.6 Å². The summed E-state index contributed by atoms with van der Waals surface area (Å²) in [6.07, 6.45) is 7.97. The molecule has 4 rings (SSSR count). The van der Waals surface area contributed by atoms with Crippen LogP contribution in [0, 0.1) is 34.5 Å². The van der Waals surface area contributed by atoms with Gasteiger partial charge in [0.2, 0.25) is 0 Å². The molecule has 0 radical (unpaired) electrons. The summed E-state index contributed by atoms with van der Waals surface area (Å²) in [7, 11) is 0. The maximum atomic E-state index is 12.2. The highest BCUT2D eigenvalue weighted by atomic mass is 16.3. The molecule has 3 heteroatoms. The normalized spacial score (nSPS) is 50.6. The second-order valence-corrected chi connectivity index (χ2v) is 9.41. The third-order valence-corrected chi connectivity index (χ3v) is 8.38. The number of aliphatic hydroxyl groups excluding tert-OH is 1. The Labute approximate surface area is 144 Å². The first-order valence-corrected chi connectivity index (χ1v) is 9.70. The molecule has 0 aromatic rings. The number of hydrogen-bond acceptors (Lipinski definition) is 3. The van der Waals surface area contributed by atoms with Crippen LogP contribution in [0.15, 0.2) is 11.6 Å².